The molecular weight excluding hydrogens is 170 g/mol. The molecule has 5 heteroatoms. The number of rotatable bonds is 1. The van der Waals surface area contributed by atoms with Crippen molar-refractivity contribution in [1.82, 2.24) is 9.97 Å². The summed E-state index contributed by atoms with van der Waals surface area (Å²) in [4.78, 5) is 17.4. The van der Waals surface area contributed by atoms with Crippen molar-refractivity contribution >= 4 is 5.95 Å². The van der Waals surface area contributed by atoms with Crippen LogP contribution in [-0.4, -0.2) is 16.6 Å². The van der Waals surface area contributed by atoms with Crippen LogP contribution in [0.1, 0.15) is 24.6 Å². The zero-order chi connectivity index (χ0) is 9.26. The van der Waals surface area contributed by atoms with Gasteiger partial charge in [0.15, 0.2) is 0 Å². The molecule has 0 aliphatic carbocycles. The molecule has 0 saturated carbocycles. The highest BCUT2D eigenvalue weighted by Crippen LogP contribution is 2.26. The molecule has 1 aliphatic heterocycles. The summed E-state index contributed by atoms with van der Waals surface area (Å²) < 4.78 is 5.38. The molecule has 1 aliphatic rings. The molecular formula is C8H11N3O2. The topological polar surface area (TPSA) is 81.0 Å². The van der Waals surface area contributed by atoms with Gasteiger partial charge in [-0.2, -0.15) is 0 Å². The molecule has 0 spiro atoms. The summed E-state index contributed by atoms with van der Waals surface area (Å²) in [7, 11) is 0. The summed E-state index contributed by atoms with van der Waals surface area (Å²) in [5, 5.41) is 0. The first-order chi connectivity index (χ1) is 6.25. The fraction of sp³-hybridized carbons (Fsp3) is 0.500. The maximum Gasteiger partial charge on any atom is 0.252 e. The second kappa shape index (κ2) is 3.18. The third-order valence-electron chi connectivity index (χ3n) is 2.04. The van der Waals surface area contributed by atoms with Crippen LogP contribution in [-0.2, 0) is 4.74 Å². The molecule has 3 N–H and O–H groups in total. The number of ether oxygens (including phenoxy) is 1. The van der Waals surface area contributed by atoms with Crippen molar-refractivity contribution < 1.29 is 4.74 Å². The van der Waals surface area contributed by atoms with Crippen molar-refractivity contribution in [3.8, 4) is 0 Å². The van der Waals surface area contributed by atoms with Crippen molar-refractivity contribution in [2.45, 2.75) is 18.9 Å². The average molecular weight is 181 g/mol. The number of nitrogens with two attached hydrogens (primary N) is 1. The van der Waals surface area contributed by atoms with Gasteiger partial charge in [-0.15, -0.1) is 0 Å². The third-order valence-corrected chi connectivity index (χ3v) is 2.04. The van der Waals surface area contributed by atoms with Crippen molar-refractivity contribution in [3.05, 3.63) is 22.1 Å². The lowest BCUT2D eigenvalue weighted by Crippen LogP contribution is -2.14. The van der Waals surface area contributed by atoms with Gasteiger partial charge >= 0.3 is 0 Å². The number of hydrogen-bond donors (Lipinski definition) is 2. The van der Waals surface area contributed by atoms with E-state index in [9.17, 15) is 4.79 Å². The molecule has 1 atom stereocenters. The average Bonchev–Trinajstić information content (AvgIpc) is 2.53. The SMILES string of the molecule is Nc1nc(C2CCCO2)cc(=O)[nH]1. The van der Waals surface area contributed by atoms with E-state index in [-0.39, 0.29) is 17.6 Å². The molecule has 13 heavy (non-hydrogen) atoms. The lowest BCUT2D eigenvalue weighted by atomic mass is 10.2. The minimum atomic E-state index is -0.224. The minimum absolute atomic E-state index is 0.0513. The molecule has 0 aromatic carbocycles. The fourth-order valence-electron chi connectivity index (χ4n) is 1.47. The molecule has 1 saturated heterocycles. The standard InChI is InChI=1S/C8H11N3O2/c9-8-10-5(4-7(12)11-8)6-2-1-3-13-6/h4,6H,1-3H2,(H3,9,10,11,12). The molecule has 1 unspecified atom stereocenters. The van der Waals surface area contributed by atoms with Crippen molar-refractivity contribution in [3.63, 3.8) is 0 Å². The van der Waals surface area contributed by atoms with Crippen LogP contribution in [0, 0.1) is 0 Å². The lowest BCUT2D eigenvalue weighted by molar-refractivity contribution is 0.108. The molecule has 0 bridgehead atoms. The predicted octanol–water partition coefficient (Wildman–Crippen LogP) is 0.204. The number of nitrogens with one attached hydrogen (secondary N) is 1. The lowest BCUT2D eigenvalue weighted by Gasteiger charge is -2.07. The Bertz CT molecular complexity index is 355. The number of H-pyrrole nitrogens is 1. The molecule has 1 fully saturated rings. The van der Waals surface area contributed by atoms with Gasteiger partial charge in [-0.3, -0.25) is 9.78 Å². The fourth-order valence-corrected chi connectivity index (χ4v) is 1.47. The minimum Gasteiger partial charge on any atom is -0.372 e. The Morgan fingerprint density at radius 3 is 3.15 bits per heavy atom. The first kappa shape index (κ1) is 8.25. The molecule has 1 aromatic heterocycles. The maximum absolute atomic E-state index is 11.0. The zero-order valence-corrected chi connectivity index (χ0v) is 7.12. The largest absolute Gasteiger partial charge is 0.372 e. The number of aromatic nitrogens is 2. The van der Waals surface area contributed by atoms with E-state index < -0.39 is 0 Å². The van der Waals surface area contributed by atoms with Crippen LogP contribution in [0.3, 0.4) is 0 Å². The Hall–Kier alpha value is -1.36. The van der Waals surface area contributed by atoms with E-state index in [1.54, 1.807) is 0 Å². The van der Waals surface area contributed by atoms with Crippen LogP contribution >= 0.6 is 0 Å². The molecule has 0 radical (unpaired) electrons. The monoisotopic (exact) mass is 181 g/mol. The molecule has 5 nitrogen and oxygen atoms in total. The summed E-state index contributed by atoms with van der Waals surface area (Å²) in [5.41, 5.74) is 5.82. The molecule has 1 aromatic rings. The second-order valence-corrected chi connectivity index (χ2v) is 3.06. The Labute approximate surface area is 74.9 Å². The van der Waals surface area contributed by atoms with Crippen LogP contribution in [0.15, 0.2) is 10.9 Å². The first-order valence-electron chi connectivity index (χ1n) is 4.24. The maximum atomic E-state index is 11.0. The van der Waals surface area contributed by atoms with Gasteiger partial charge in [0, 0.05) is 12.7 Å². The zero-order valence-electron chi connectivity index (χ0n) is 7.12. The predicted molar refractivity (Wildman–Crippen MR) is 47.2 cm³/mol. The van der Waals surface area contributed by atoms with E-state index in [2.05, 4.69) is 9.97 Å². The molecule has 2 heterocycles. The number of anilines is 1. The highest BCUT2D eigenvalue weighted by atomic mass is 16.5. The van der Waals surface area contributed by atoms with Crippen LogP contribution < -0.4 is 11.3 Å². The van der Waals surface area contributed by atoms with E-state index >= 15 is 0 Å². The van der Waals surface area contributed by atoms with E-state index in [1.165, 1.54) is 6.07 Å². The quantitative estimate of drug-likeness (QED) is 0.648. The van der Waals surface area contributed by atoms with Gasteiger partial charge in [0.05, 0.1) is 11.8 Å². The van der Waals surface area contributed by atoms with Crippen molar-refractivity contribution in [2.24, 2.45) is 0 Å². The van der Waals surface area contributed by atoms with Gasteiger partial charge in [-0.05, 0) is 12.8 Å². The Morgan fingerprint density at radius 1 is 1.69 bits per heavy atom. The van der Waals surface area contributed by atoms with Crippen LogP contribution in [0.4, 0.5) is 5.95 Å². The summed E-state index contributed by atoms with van der Waals surface area (Å²) in [6.45, 7) is 0.735. The summed E-state index contributed by atoms with van der Waals surface area (Å²) in [6, 6.07) is 1.44. The molecule has 2 rings (SSSR count). The van der Waals surface area contributed by atoms with Gasteiger partial charge in [-0.1, -0.05) is 0 Å². The van der Waals surface area contributed by atoms with Crippen molar-refractivity contribution in [2.75, 3.05) is 12.3 Å². The summed E-state index contributed by atoms with van der Waals surface area (Å²) in [6.07, 6.45) is 1.87. The Kier molecular flexibility index (Phi) is 2.02. The third kappa shape index (κ3) is 1.70. The highest BCUT2D eigenvalue weighted by molar-refractivity contribution is 5.19. The van der Waals surface area contributed by atoms with E-state index in [0.717, 1.165) is 19.4 Å². The van der Waals surface area contributed by atoms with Crippen LogP contribution in [0.5, 0.6) is 0 Å². The normalized spacial score (nSPS) is 22.0. The van der Waals surface area contributed by atoms with Gasteiger partial charge in [0.25, 0.3) is 5.56 Å². The highest BCUT2D eigenvalue weighted by Gasteiger charge is 2.19. The number of nitrogens with zero attached hydrogens (tertiary/aromatic N) is 1. The number of hydrogen-bond acceptors (Lipinski definition) is 4. The first-order valence-corrected chi connectivity index (χ1v) is 4.24. The van der Waals surface area contributed by atoms with E-state index in [4.69, 9.17) is 10.5 Å². The Morgan fingerprint density at radius 2 is 2.54 bits per heavy atom. The second-order valence-electron chi connectivity index (χ2n) is 3.06. The van der Waals surface area contributed by atoms with Crippen LogP contribution in [0.2, 0.25) is 0 Å². The van der Waals surface area contributed by atoms with Gasteiger partial charge in [0.1, 0.15) is 0 Å². The van der Waals surface area contributed by atoms with Crippen LogP contribution in [0.25, 0.3) is 0 Å². The van der Waals surface area contributed by atoms with Gasteiger partial charge < -0.3 is 10.5 Å². The van der Waals surface area contributed by atoms with Gasteiger partial charge in [-0.25, -0.2) is 4.98 Å². The summed E-state index contributed by atoms with van der Waals surface area (Å²) in [5.74, 6) is 0.151. The number of nitrogen functional groups attached to an aromatic ring is 1. The molecule has 70 valence electrons. The molecule has 0 amide bonds. The van der Waals surface area contributed by atoms with E-state index in [0.29, 0.717) is 5.69 Å². The van der Waals surface area contributed by atoms with E-state index in [1.807, 2.05) is 0 Å². The van der Waals surface area contributed by atoms with Crippen molar-refractivity contribution in [1.29, 1.82) is 0 Å². The van der Waals surface area contributed by atoms with Gasteiger partial charge in [0.2, 0.25) is 5.95 Å². The Balaban J connectivity index is 2.33. The number of aromatic amines is 1. The summed E-state index contributed by atoms with van der Waals surface area (Å²) >= 11 is 0. The smallest absolute Gasteiger partial charge is 0.252 e.